The van der Waals surface area contributed by atoms with Gasteiger partial charge in [-0.1, -0.05) is 49.9 Å². The zero-order valence-corrected chi connectivity index (χ0v) is 14.1. The van der Waals surface area contributed by atoms with E-state index in [1.54, 1.807) is 0 Å². The molecule has 0 radical (unpaired) electrons. The van der Waals surface area contributed by atoms with Crippen LogP contribution in [0.3, 0.4) is 0 Å². The third kappa shape index (κ3) is 4.32. The normalized spacial score (nSPS) is 26.0. The van der Waals surface area contributed by atoms with Gasteiger partial charge in [0.05, 0.1) is 0 Å². The summed E-state index contributed by atoms with van der Waals surface area (Å²) in [6.45, 7) is 6.99. The molecule has 0 amide bonds. The number of hydrogen-bond acceptors (Lipinski definition) is 1. The second kappa shape index (κ2) is 7.45. The van der Waals surface area contributed by atoms with Crippen molar-refractivity contribution in [1.82, 2.24) is 0 Å². The van der Waals surface area contributed by atoms with Crippen molar-refractivity contribution in [2.75, 3.05) is 6.61 Å². The quantitative estimate of drug-likeness (QED) is 0.762. The summed E-state index contributed by atoms with van der Waals surface area (Å²) in [6, 6.07) is 6.73. The first-order valence-electron chi connectivity index (χ1n) is 8.75. The smallest absolute Gasteiger partial charge is 0.0490 e. The maximum Gasteiger partial charge on any atom is 0.0490 e. The van der Waals surface area contributed by atoms with Crippen molar-refractivity contribution in [2.24, 2.45) is 11.3 Å². The number of benzene rings is 1. The fraction of sp³-hybridized carbons (Fsp3) is 0.700. The minimum Gasteiger partial charge on any atom is -0.396 e. The van der Waals surface area contributed by atoms with E-state index in [9.17, 15) is 5.11 Å². The molecule has 118 valence electrons. The summed E-state index contributed by atoms with van der Waals surface area (Å²) >= 11 is 0. The first-order valence-corrected chi connectivity index (χ1v) is 8.75. The minimum atomic E-state index is 0.140. The fourth-order valence-corrected chi connectivity index (χ4v) is 3.86. The maximum absolute atomic E-state index is 10.0. The fourth-order valence-electron chi connectivity index (χ4n) is 3.86. The second-order valence-electron chi connectivity index (χ2n) is 7.35. The zero-order chi connectivity index (χ0) is 15.3. The SMILES string of the molecule is CCCCC1CCC(CO)(Cc2cc(C)ccc2C)CC1. The Hall–Kier alpha value is -0.820. The maximum atomic E-state index is 10.0. The highest BCUT2D eigenvalue weighted by atomic mass is 16.3. The molecule has 1 aromatic carbocycles. The first-order chi connectivity index (χ1) is 10.1. The first kappa shape index (κ1) is 16.5. The molecular weight excluding hydrogens is 256 g/mol. The molecule has 1 saturated carbocycles. The highest BCUT2D eigenvalue weighted by Crippen LogP contribution is 2.43. The summed E-state index contributed by atoms with van der Waals surface area (Å²) in [5.41, 5.74) is 4.29. The molecule has 0 heterocycles. The predicted molar refractivity (Wildman–Crippen MR) is 90.6 cm³/mol. The van der Waals surface area contributed by atoms with E-state index in [1.807, 2.05) is 0 Å². The third-order valence-electron chi connectivity index (χ3n) is 5.54. The Kier molecular flexibility index (Phi) is 5.87. The molecule has 1 nitrogen and oxygen atoms in total. The van der Waals surface area contributed by atoms with Crippen LogP contribution in [0.25, 0.3) is 0 Å². The van der Waals surface area contributed by atoms with Crippen LogP contribution in [-0.2, 0) is 6.42 Å². The zero-order valence-electron chi connectivity index (χ0n) is 14.1. The summed E-state index contributed by atoms with van der Waals surface area (Å²) in [5.74, 6) is 0.906. The number of rotatable bonds is 6. The number of aliphatic hydroxyl groups is 1. The Bertz CT molecular complexity index is 441. The van der Waals surface area contributed by atoms with Crippen molar-refractivity contribution in [3.63, 3.8) is 0 Å². The van der Waals surface area contributed by atoms with Crippen LogP contribution in [0.4, 0.5) is 0 Å². The highest BCUT2D eigenvalue weighted by molar-refractivity contribution is 5.31. The highest BCUT2D eigenvalue weighted by Gasteiger charge is 2.35. The molecular formula is C20H32O. The van der Waals surface area contributed by atoms with Crippen LogP contribution in [-0.4, -0.2) is 11.7 Å². The van der Waals surface area contributed by atoms with Crippen LogP contribution >= 0.6 is 0 Å². The van der Waals surface area contributed by atoms with E-state index in [4.69, 9.17) is 0 Å². The van der Waals surface area contributed by atoms with E-state index < -0.39 is 0 Å². The Balaban J connectivity index is 2.01. The van der Waals surface area contributed by atoms with E-state index in [-0.39, 0.29) is 5.41 Å². The van der Waals surface area contributed by atoms with Gasteiger partial charge in [0, 0.05) is 6.61 Å². The average molecular weight is 288 g/mol. The summed E-state index contributed by atoms with van der Waals surface area (Å²) in [7, 11) is 0. The van der Waals surface area contributed by atoms with Gasteiger partial charge in [-0.2, -0.15) is 0 Å². The van der Waals surface area contributed by atoms with E-state index in [0.29, 0.717) is 6.61 Å². The molecule has 0 aromatic heterocycles. The number of hydrogen-bond donors (Lipinski definition) is 1. The molecule has 1 aromatic rings. The Morgan fingerprint density at radius 1 is 1.19 bits per heavy atom. The van der Waals surface area contributed by atoms with Crippen LogP contribution in [0.2, 0.25) is 0 Å². The summed E-state index contributed by atoms with van der Waals surface area (Å²) in [6.07, 6.45) is 10.1. The van der Waals surface area contributed by atoms with Gasteiger partial charge >= 0.3 is 0 Å². The number of unbranched alkanes of at least 4 members (excludes halogenated alkanes) is 1. The van der Waals surface area contributed by atoms with Gasteiger partial charge in [0.25, 0.3) is 0 Å². The summed E-state index contributed by atoms with van der Waals surface area (Å²) in [4.78, 5) is 0. The van der Waals surface area contributed by atoms with Crippen LogP contribution < -0.4 is 0 Å². The van der Waals surface area contributed by atoms with Crippen molar-refractivity contribution in [3.8, 4) is 0 Å². The lowest BCUT2D eigenvalue weighted by Gasteiger charge is -2.39. The lowest BCUT2D eigenvalue weighted by molar-refractivity contribution is 0.0619. The summed E-state index contributed by atoms with van der Waals surface area (Å²) < 4.78 is 0. The van der Waals surface area contributed by atoms with E-state index >= 15 is 0 Å². The van der Waals surface area contributed by atoms with Gasteiger partial charge in [-0.3, -0.25) is 0 Å². The minimum absolute atomic E-state index is 0.140. The molecule has 0 aliphatic heterocycles. The van der Waals surface area contributed by atoms with Crippen LogP contribution in [0.1, 0.15) is 68.6 Å². The standard InChI is InChI=1S/C20H32O/c1-4-5-6-18-9-11-20(15-21,12-10-18)14-19-13-16(2)7-8-17(19)3/h7-8,13,18,21H,4-6,9-12,14-15H2,1-3H3. The molecule has 1 aliphatic rings. The van der Waals surface area contributed by atoms with Crippen molar-refractivity contribution in [1.29, 1.82) is 0 Å². The Labute approximate surface area is 130 Å². The third-order valence-corrected chi connectivity index (χ3v) is 5.54. The molecule has 1 aliphatic carbocycles. The molecule has 0 atom stereocenters. The molecule has 0 unspecified atom stereocenters. The van der Waals surface area contributed by atoms with Crippen LogP contribution in [0.15, 0.2) is 18.2 Å². The molecule has 21 heavy (non-hydrogen) atoms. The lowest BCUT2D eigenvalue weighted by Crippen LogP contribution is -2.33. The van der Waals surface area contributed by atoms with Gasteiger partial charge < -0.3 is 5.11 Å². The van der Waals surface area contributed by atoms with E-state index in [2.05, 4.69) is 39.0 Å². The van der Waals surface area contributed by atoms with Gasteiger partial charge in [0.15, 0.2) is 0 Å². The molecule has 0 bridgehead atoms. The molecule has 0 spiro atoms. The Morgan fingerprint density at radius 3 is 2.52 bits per heavy atom. The van der Waals surface area contributed by atoms with E-state index in [1.165, 1.54) is 61.6 Å². The van der Waals surface area contributed by atoms with E-state index in [0.717, 1.165) is 12.3 Å². The van der Waals surface area contributed by atoms with Gasteiger partial charge in [0.1, 0.15) is 0 Å². The monoisotopic (exact) mass is 288 g/mol. The summed E-state index contributed by atoms with van der Waals surface area (Å²) in [5, 5.41) is 10.0. The predicted octanol–water partition coefficient (Wildman–Crippen LogP) is 5.21. The topological polar surface area (TPSA) is 20.2 Å². The lowest BCUT2D eigenvalue weighted by atomic mass is 9.67. The largest absolute Gasteiger partial charge is 0.396 e. The molecule has 1 heteroatoms. The van der Waals surface area contributed by atoms with Gasteiger partial charge in [-0.25, -0.2) is 0 Å². The molecule has 0 saturated heterocycles. The van der Waals surface area contributed by atoms with Crippen molar-refractivity contribution < 1.29 is 5.11 Å². The molecule has 1 N–H and O–H groups in total. The average Bonchev–Trinajstić information content (AvgIpc) is 2.50. The van der Waals surface area contributed by atoms with Crippen molar-refractivity contribution in [3.05, 3.63) is 34.9 Å². The Morgan fingerprint density at radius 2 is 1.90 bits per heavy atom. The molecule has 2 rings (SSSR count). The van der Waals surface area contributed by atoms with Crippen molar-refractivity contribution in [2.45, 2.75) is 72.1 Å². The van der Waals surface area contributed by atoms with Crippen molar-refractivity contribution >= 4 is 0 Å². The van der Waals surface area contributed by atoms with Gasteiger partial charge in [0.2, 0.25) is 0 Å². The molecule has 1 fully saturated rings. The van der Waals surface area contributed by atoms with Crippen LogP contribution in [0.5, 0.6) is 0 Å². The number of aliphatic hydroxyl groups excluding tert-OH is 1. The van der Waals surface area contributed by atoms with Crippen LogP contribution in [0, 0.1) is 25.2 Å². The van der Waals surface area contributed by atoms with Gasteiger partial charge in [-0.15, -0.1) is 0 Å². The van der Waals surface area contributed by atoms with Gasteiger partial charge in [-0.05, 0) is 68.4 Å². The second-order valence-corrected chi connectivity index (χ2v) is 7.35. The number of aryl methyl sites for hydroxylation is 2.